The minimum absolute atomic E-state index is 0.125. The number of amides is 1. The Morgan fingerprint density at radius 3 is 3.12 bits per heavy atom. The minimum Gasteiger partial charge on any atom is -0.494 e. The Balaban J connectivity index is 2.22. The van der Waals surface area contributed by atoms with Crippen LogP contribution in [0.5, 0.6) is 5.75 Å². The molecule has 0 spiro atoms. The van der Waals surface area contributed by atoms with Gasteiger partial charge in [0.05, 0.1) is 6.61 Å². The normalized spacial score (nSPS) is 23.5. The second-order valence-electron chi connectivity index (χ2n) is 3.66. The molecule has 0 unspecified atom stereocenters. The van der Waals surface area contributed by atoms with Crippen molar-refractivity contribution in [2.24, 2.45) is 0 Å². The molecule has 0 radical (unpaired) electrons. The van der Waals surface area contributed by atoms with E-state index >= 15 is 0 Å². The number of hydrogen-bond acceptors (Lipinski definition) is 2. The second-order valence-corrected chi connectivity index (χ2v) is 4.45. The van der Waals surface area contributed by atoms with E-state index < -0.39 is 18.7 Å². The molecule has 0 saturated carbocycles. The third-order valence-electron chi connectivity index (χ3n) is 2.35. The predicted octanol–water partition coefficient (Wildman–Crippen LogP) is 3.13. The highest BCUT2D eigenvalue weighted by molar-refractivity contribution is 9.09. The molecule has 4 heteroatoms. The van der Waals surface area contributed by atoms with Crippen LogP contribution in [0.15, 0.2) is 18.2 Å². The molecule has 1 aromatic rings. The smallest absolute Gasteiger partial charge is 0.224 e. The number of carbonyl (C=O) groups excluding carboxylic acids is 1. The van der Waals surface area contributed by atoms with Gasteiger partial charge in [-0.2, -0.15) is 0 Å². The summed E-state index contributed by atoms with van der Waals surface area (Å²) in [5, 5.41) is 3.31. The number of fused-ring (bicyclic) bond motifs is 1. The highest BCUT2D eigenvalue weighted by atomic mass is 79.9. The number of anilines is 1. The van der Waals surface area contributed by atoms with Crippen molar-refractivity contribution in [2.75, 3.05) is 17.3 Å². The second kappa shape index (κ2) is 6.05. The molecule has 1 N–H and O–H groups in total. The van der Waals surface area contributed by atoms with E-state index in [-0.39, 0.29) is 11.3 Å². The van der Waals surface area contributed by atoms with Crippen LogP contribution in [0.4, 0.5) is 5.69 Å². The first-order chi connectivity index (χ1) is 9.80. The van der Waals surface area contributed by atoms with Gasteiger partial charge in [-0.3, -0.25) is 4.79 Å². The first-order valence-electron chi connectivity index (χ1n) is 7.45. The largest absolute Gasteiger partial charge is 0.494 e. The molecule has 17 heavy (non-hydrogen) atoms. The molecule has 0 aromatic heterocycles. The number of ether oxygens (including phenoxy) is 1. The standard InChI is InChI=1S/C13H16BrNO2/c14-7-1-2-8-17-11-5-3-10-4-6-13(16)15-12(10)9-11/h3,5,9H,1-2,4,6-8H2,(H,15,16)/i4D2,6D2. The Kier molecular flexibility index (Phi) is 2.90. The monoisotopic (exact) mass is 301 g/mol. The van der Waals surface area contributed by atoms with E-state index in [0.717, 1.165) is 18.2 Å². The maximum Gasteiger partial charge on any atom is 0.224 e. The van der Waals surface area contributed by atoms with Crippen LogP contribution in [0.3, 0.4) is 0 Å². The highest BCUT2D eigenvalue weighted by Crippen LogP contribution is 2.27. The Morgan fingerprint density at radius 1 is 1.41 bits per heavy atom. The first kappa shape index (κ1) is 8.14. The van der Waals surface area contributed by atoms with E-state index in [1.807, 2.05) is 0 Å². The maximum atomic E-state index is 11.7. The lowest BCUT2D eigenvalue weighted by Crippen LogP contribution is -2.18. The van der Waals surface area contributed by atoms with Gasteiger partial charge in [0.15, 0.2) is 0 Å². The van der Waals surface area contributed by atoms with Gasteiger partial charge >= 0.3 is 0 Å². The summed E-state index contributed by atoms with van der Waals surface area (Å²) in [6.07, 6.45) is -3.10. The van der Waals surface area contributed by atoms with Gasteiger partial charge < -0.3 is 10.1 Å². The molecule has 3 nitrogen and oxygen atoms in total. The van der Waals surface area contributed by atoms with Crippen LogP contribution in [0, 0.1) is 0 Å². The summed E-state index contributed by atoms with van der Waals surface area (Å²) in [6.45, 7) is 0.534. The zero-order chi connectivity index (χ0) is 15.7. The number of hydrogen-bond donors (Lipinski definition) is 1. The average molecular weight is 302 g/mol. The van der Waals surface area contributed by atoms with Gasteiger partial charge in [0.1, 0.15) is 5.75 Å². The number of unbranched alkanes of at least 4 members (excludes halogenated alkanes) is 1. The van der Waals surface area contributed by atoms with Crippen LogP contribution >= 0.6 is 15.9 Å². The van der Waals surface area contributed by atoms with E-state index in [1.54, 1.807) is 6.07 Å². The topological polar surface area (TPSA) is 38.3 Å². The Hall–Kier alpha value is -1.03. The summed E-state index contributed by atoms with van der Waals surface area (Å²) < 4.78 is 36.6. The molecular formula is C13H16BrNO2. The molecule has 1 amide bonds. The molecule has 92 valence electrons. The molecular weight excluding hydrogens is 282 g/mol. The summed E-state index contributed by atoms with van der Waals surface area (Å²) in [4.78, 5) is 11.7. The number of halogens is 1. The molecule has 0 saturated heterocycles. The summed E-state index contributed by atoms with van der Waals surface area (Å²) in [6, 6.07) is 4.60. The number of nitrogens with one attached hydrogen (secondary N) is 1. The fraction of sp³-hybridized carbons (Fsp3) is 0.462. The molecule has 0 bridgehead atoms. The van der Waals surface area contributed by atoms with Crippen molar-refractivity contribution in [3.63, 3.8) is 0 Å². The van der Waals surface area contributed by atoms with Crippen molar-refractivity contribution < 1.29 is 15.0 Å². The third kappa shape index (κ3) is 3.46. The maximum absolute atomic E-state index is 11.7. The van der Waals surface area contributed by atoms with Crippen LogP contribution in [-0.2, 0) is 11.2 Å². The van der Waals surface area contributed by atoms with Gasteiger partial charge in [-0.1, -0.05) is 22.0 Å². The van der Waals surface area contributed by atoms with Crippen molar-refractivity contribution in [3.05, 3.63) is 23.8 Å². The fourth-order valence-corrected chi connectivity index (χ4v) is 1.89. The van der Waals surface area contributed by atoms with Crippen LogP contribution in [0.25, 0.3) is 0 Å². The van der Waals surface area contributed by atoms with Crippen LogP contribution in [-0.4, -0.2) is 17.8 Å². The molecule has 0 aliphatic carbocycles. The number of benzene rings is 1. The van der Waals surface area contributed by atoms with Gasteiger partial charge in [0, 0.05) is 28.9 Å². The van der Waals surface area contributed by atoms with Gasteiger partial charge in [0.2, 0.25) is 5.91 Å². The molecule has 0 atom stereocenters. The average Bonchev–Trinajstić information content (AvgIpc) is 2.42. The lowest BCUT2D eigenvalue weighted by atomic mass is 10.0. The van der Waals surface area contributed by atoms with E-state index in [0.29, 0.717) is 12.4 Å². The Labute approximate surface area is 115 Å². The van der Waals surface area contributed by atoms with Crippen LogP contribution in [0.1, 0.15) is 30.3 Å². The van der Waals surface area contributed by atoms with Crippen LogP contribution in [0.2, 0.25) is 0 Å². The number of alkyl halides is 1. The Bertz CT molecular complexity index is 551. The van der Waals surface area contributed by atoms with Crippen molar-refractivity contribution in [1.82, 2.24) is 0 Å². The van der Waals surface area contributed by atoms with Gasteiger partial charge in [-0.15, -0.1) is 0 Å². The Morgan fingerprint density at radius 2 is 2.29 bits per heavy atom. The van der Waals surface area contributed by atoms with Crippen molar-refractivity contribution in [3.8, 4) is 5.75 Å². The van der Waals surface area contributed by atoms with Crippen LogP contribution < -0.4 is 10.1 Å². The minimum atomic E-state index is -2.60. The predicted molar refractivity (Wildman–Crippen MR) is 71.9 cm³/mol. The van der Waals surface area contributed by atoms with Gasteiger partial charge in [-0.05, 0) is 30.8 Å². The molecule has 1 aliphatic rings. The molecule has 0 fully saturated rings. The zero-order valence-corrected chi connectivity index (χ0v) is 10.8. The lowest BCUT2D eigenvalue weighted by Gasteiger charge is -2.17. The molecule has 1 aliphatic heterocycles. The van der Waals surface area contributed by atoms with E-state index in [4.69, 9.17) is 10.2 Å². The number of carbonyl (C=O) groups is 1. The fourth-order valence-electron chi connectivity index (χ4n) is 1.49. The molecule has 1 aromatic carbocycles. The van der Waals surface area contributed by atoms with Crippen molar-refractivity contribution in [2.45, 2.75) is 25.6 Å². The van der Waals surface area contributed by atoms with E-state index in [2.05, 4.69) is 21.2 Å². The number of rotatable bonds is 5. The summed E-state index contributed by atoms with van der Waals surface area (Å²) >= 11 is 3.33. The first-order valence-corrected chi connectivity index (χ1v) is 6.57. The van der Waals surface area contributed by atoms with Crippen molar-refractivity contribution in [1.29, 1.82) is 0 Å². The van der Waals surface area contributed by atoms with Gasteiger partial charge in [0.25, 0.3) is 0 Å². The quantitative estimate of drug-likeness (QED) is 0.670. The summed E-state index contributed by atoms with van der Waals surface area (Å²) in [5.41, 5.74) is 0.387. The van der Waals surface area contributed by atoms with E-state index in [1.165, 1.54) is 12.1 Å². The summed E-state index contributed by atoms with van der Waals surface area (Å²) in [7, 11) is 0. The summed E-state index contributed by atoms with van der Waals surface area (Å²) in [5.74, 6) is -0.446. The lowest BCUT2D eigenvalue weighted by molar-refractivity contribution is -0.116. The SMILES string of the molecule is [2H]C1([2H])C(=O)Nc2cc(OCCCCBr)ccc2C1([2H])[2H]. The zero-order valence-electron chi connectivity index (χ0n) is 13.3. The highest BCUT2D eigenvalue weighted by Gasteiger charge is 2.14. The molecule has 1 heterocycles. The molecule has 2 rings (SSSR count). The number of aryl methyl sites for hydroxylation is 1. The third-order valence-corrected chi connectivity index (χ3v) is 2.91. The van der Waals surface area contributed by atoms with Gasteiger partial charge in [-0.25, -0.2) is 0 Å². The van der Waals surface area contributed by atoms with E-state index in [9.17, 15) is 4.79 Å². The van der Waals surface area contributed by atoms with Crippen molar-refractivity contribution >= 4 is 27.5 Å².